The number of hydrogen-bond acceptors (Lipinski definition) is 3. The lowest BCUT2D eigenvalue weighted by atomic mass is 10.0. The van der Waals surface area contributed by atoms with Crippen LogP contribution in [0.15, 0.2) is 90.0 Å². The number of benzene rings is 3. The quantitative estimate of drug-likeness (QED) is 0.247. The minimum atomic E-state index is -0.305. The topological polar surface area (TPSA) is 58.5 Å². The minimum Gasteiger partial charge on any atom is -0.294 e. The van der Waals surface area contributed by atoms with E-state index < -0.39 is 0 Å². The molecule has 0 aliphatic carbocycles. The Morgan fingerprint density at radius 3 is 1.96 bits per heavy atom. The number of rotatable bonds is 6. The number of amides is 1. The lowest BCUT2D eigenvalue weighted by molar-refractivity contribution is 0.0950. The van der Waals surface area contributed by atoms with Crippen LogP contribution in [-0.2, 0) is 0 Å². The highest BCUT2D eigenvalue weighted by Gasteiger charge is 2.14. The van der Waals surface area contributed by atoms with Crippen molar-refractivity contribution in [1.82, 2.24) is 5.43 Å². The molecule has 0 fully saturated rings. The second kappa shape index (κ2) is 9.23. The highest BCUT2D eigenvalue weighted by atomic mass is 127. The van der Waals surface area contributed by atoms with Gasteiger partial charge >= 0.3 is 0 Å². The first-order valence-corrected chi connectivity index (χ1v) is 9.48. The number of halogens is 1. The van der Waals surface area contributed by atoms with Gasteiger partial charge in [0.05, 0.1) is 17.7 Å². The van der Waals surface area contributed by atoms with E-state index >= 15 is 0 Å². The van der Waals surface area contributed by atoms with Crippen LogP contribution in [0.1, 0.15) is 32.7 Å². The zero-order valence-corrected chi connectivity index (χ0v) is 16.6. The van der Waals surface area contributed by atoms with E-state index in [1.807, 2.05) is 60.7 Å². The van der Waals surface area contributed by atoms with Crippen LogP contribution >= 0.6 is 22.6 Å². The van der Waals surface area contributed by atoms with E-state index in [1.54, 1.807) is 24.3 Å². The monoisotopic (exact) mass is 468 g/mol. The lowest BCUT2D eigenvalue weighted by Crippen LogP contribution is -2.22. The molecule has 0 unspecified atom stereocenters. The first-order valence-electron chi connectivity index (χ1n) is 8.40. The Labute approximate surface area is 171 Å². The van der Waals surface area contributed by atoms with E-state index in [-0.39, 0.29) is 18.1 Å². The van der Waals surface area contributed by atoms with Gasteiger partial charge in [-0.15, -0.1) is 0 Å². The van der Waals surface area contributed by atoms with Crippen LogP contribution in [0, 0.1) is 3.57 Å². The Kier molecular flexibility index (Phi) is 6.49. The van der Waals surface area contributed by atoms with Gasteiger partial charge in [0.15, 0.2) is 5.78 Å². The third-order valence-corrected chi connectivity index (χ3v) is 4.88. The molecule has 1 N–H and O–H groups in total. The molecule has 3 aromatic rings. The molecule has 0 spiro atoms. The molecule has 1 amide bonds. The Morgan fingerprint density at radius 2 is 1.33 bits per heavy atom. The summed E-state index contributed by atoms with van der Waals surface area (Å²) >= 11 is 2.11. The predicted octanol–water partition coefficient (Wildman–Crippen LogP) is 4.70. The van der Waals surface area contributed by atoms with Crippen molar-refractivity contribution < 1.29 is 9.59 Å². The Bertz CT molecular complexity index is 970. The zero-order valence-electron chi connectivity index (χ0n) is 14.4. The molecule has 0 aromatic heterocycles. The van der Waals surface area contributed by atoms with Crippen LogP contribution < -0.4 is 5.43 Å². The number of carbonyl (C=O) groups is 2. The van der Waals surface area contributed by atoms with Gasteiger partial charge < -0.3 is 0 Å². The fourth-order valence-corrected chi connectivity index (χ4v) is 3.17. The summed E-state index contributed by atoms with van der Waals surface area (Å²) in [6.45, 7) is 0. The van der Waals surface area contributed by atoms with Crippen molar-refractivity contribution in [2.24, 2.45) is 5.10 Å². The Balaban J connectivity index is 1.84. The van der Waals surface area contributed by atoms with Crippen LogP contribution in [0.2, 0.25) is 0 Å². The number of nitrogens with zero attached hydrogens (tertiary/aromatic N) is 1. The van der Waals surface area contributed by atoms with E-state index in [0.717, 1.165) is 9.13 Å². The van der Waals surface area contributed by atoms with Crippen LogP contribution in [-0.4, -0.2) is 17.4 Å². The summed E-state index contributed by atoms with van der Waals surface area (Å²) < 4.78 is 0.837. The first kappa shape index (κ1) is 19.0. The third kappa shape index (κ3) is 5.10. The van der Waals surface area contributed by atoms with Gasteiger partial charge in [0.1, 0.15) is 0 Å². The standard InChI is InChI=1S/C22H17IN2O2/c23-19-14-8-7-13-18(19)22(27)25-24-20(16-9-3-1-4-10-16)15-21(26)17-11-5-2-6-12-17/h1-14H,15H2,(H,25,27)/b24-20+. The maximum atomic E-state index is 12.6. The van der Waals surface area contributed by atoms with Gasteiger partial charge in [-0.2, -0.15) is 5.10 Å². The Morgan fingerprint density at radius 1 is 0.778 bits per heavy atom. The van der Waals surface area contributed by atoms with Gasteiger partial charge in [-0.1, -0.05) is 72.8 Å². The molecule has 4 nitrogen and oxygen atoms in total. The largest absolute Gasteiger partial charge is 0.294 e. The fourth-order valence-electron chi connectivity index (χ4n) is 2.54. The molecule has 0 atom stereocenters. The van der Waals surface area contributed by atoms with Crippen molar-refractivity contribution in [2.45, 2.75) is 6.42 Å². The summed E-state index contributed by atoms with van der Waals surface area (Å²) in [7, 11) is 0. The van der Waals surface area contributed by atoms with Crippen LogP contribution in [0.3, 0.4) is 0 Å². The molecular formula is C22H17IN2O2. The number of hydrazone groups is 1. The summed E-state index contributed by atoms with van der Waals surface area (Å²) in [5, 5.41) is 4.27. The van der Waals surface area contributed by atoms with E-state index in [1.165, 1.54) is 0 Å². The maximum Gasteiger partial charge on any atom is 0.272 e. The number of Topliss-reactive ketones (excluding diaryl/α,β-unsaturated/α-hetero) is 1. The number of ketones is 1. The van der Waals surface area contributed by atoms with Crippen LogP contribution in [0.5, 0.6) is 0 Å². The number of nitrogens with one attached hydrogen (secondary N) is 1. The summed E-state index contributed by atoms with van der Waals surface area (Å²) in [4.78, 5) is 25.1. The lowest BCUT2D eigenvalue weighted by Gasteiger charge is -2.08. The van der Waals surface area contributed by atoms with Crippen molar-refractivity contribution in [3.05, 3.63) is 105 Å². The smallest absolute Gasteiger partial charge is 0.272 e. The second-order valence-electron chi connectivity index (χ2n) is 5.81. The van der Waals surface area contributed by atoms with Gasteiger partial charge in [-0.3, -0.25) is 9.59 Å². The van der Waals surface area contributed by atoms with Crippen LogP contribution in [0.25, 0.3) is 0 Å². The summed E-state index contributed by atoms with van der Waals surface area (Å²) in [6, 6.07) is 25.7. The van der Waals surface area contributed by atoms with Crippen molar-refractivity contribution >= 4 is 40.0 Å². The molecule has 0 aliphatic rings. The number of hydrogen-bond donors (Lipinski definition) is 1. The molecule has 0 bridgehead atoms. The average Bonchev–Trinajstić information content (AvgIpc) is 2.72. The van der Waals surface area contributed by atoms with Gasteiger partial charge in [0.25, 0.3) is 5.91 Å². The first-order chi connectivity index (χ1) is 13.1. The van der Waals surface area contributed by atoms with Crippen molar-refractivity contribution in [3.8, 4) is 0 Å². The maximum absolute atomic E-state index is 12.6. The van der Waals surface area contributed by atoms with Gasteiger partial charge in [-0.25, -0.2) is 5.43 Å². The molecular weight excluding hydrogens is 451 g/mol. The zero-order chi connectivity index (χ0) is 19.1. The second-order valence-corrected chi connectivity index (χ2v) is 6.97. The molecule has 0 saturated heterocycles. The van der Waals surface area contributed by atoms with Gasteiger partial charge in [0.2, 0.25) is 0 Å². The highest BCUT2D eigenvalue weighted by molar-refractivity contribution is 14.1. The molecule has 0 saturated carbocycles. The molecule has 134 valence electrons. The SMILES string of the molecule is O=C(C/C(=N\NC(=O)c1ccccc1I)c1ccccc1)c1ccccc1. The molecule has 0 radical (unpaired) electrons. The summed E-state index contributed by atoms with van der Waals surface area (Å²) in [6.07, 6.45) is 0.0974. The molecule has 3 rings (SSSR count). The van der Waals surface area contributed by atoms with E-state index in [4.69, 9.17) is 0 Å². The molecule has 0 heterocycles. The molecule has 0 aliphatic heterocycles. The van der Waals surface area contributed by atoms with E-state index in [0.29, 0.717) is 16.8 Å². The fraction of sp³-hybridized carbons (Fsp3) is 0.0455. The van der Waals surface area contributed by atoms with Gasteiger partial charge in [-0.05, 0) is 40.3 Å². The van der Waals surface area contributed by atoms with Gasteiger partial charge in [0, 0.05) is 9.13 Å². The minimum absolute atomic E-state index is 0.0539. The van der Waals surface area contributed by atoms with E-state index in [9.17, 15) is 9.59 Å². The average molecular weight is 468 g/mol. The Hall–Kier alpha value is -2.80. The molecule has 5 heteroatoms. The summed E-state index contributed by atoms with van der Waals surface area (Å²) in [5.74, 6) is -0.359. The normalized spacial score (nSPS) is 11.1. The molecule has 3 aromatic carbocycles. The van der Waals surface area contributed by atoms with E-state index in [2.05, 4.69) is 33.1 Å². The third-order valence-electron chi connectivity index (χ3n) is 3.94. The van der Waals surface area contributed by atoms with Crippen molar-refractivity contribution in [1.29, 1.82) is 0 Å². The number of carbonyl (C=O) groups excluding carboxylic acids is 2. The highest BCUT2D eigenvalue weighted by Crippen LogP contribution is 2.12. The van der Waals surface area contributed by atoms with Crippen LogP contribution in [0.4, 0.5) is 0 Å². The predicted molar refractivity (Wildman–Crippen MR) is 115 cm³/mol. The summed E-state index contributed by atoms with van der Waals surface area (Å²) in [5.41, 5.74) is 5.06. The molecule has 27 heavy (non-hydrogen) atoms. The van der Waals surface area contributed by atoms with Crippen molar-refractivity contribution in [2.75, 3.05) is 0 Å². The van der Waals surface area contributed by atoms with Crippen molar-refractivity contribution in [3.63, 3.8) is 0 Å².